The average Bonchev–Trinajstić information content (AvgIpc) is 3.23. The molecule has 0 unspecified atom stereocenters. The third-order valence-corrected chi connectivity index (χ3v) is 5.16. The van der Waals surface area contributed by atoms with Gasteiger partial charge in [0.2, 0.25) is 5.16 Å². The van der Waals surface area contributed by atoms with Crippen LogP contribution in [0.3, 0.4) is 0 Å². The van der Waals surface area contributed by atoms with Crippen LogP contribution in [-0.4, -0.2) is 35.5 Å². The summed E-state index contributed by atoms with van der Waals surface area (Å²) in [5, 5.41) is 12.7. The van der Waals surface area contributed by atoms with Crippen molar-refractivity contribution in [2.75, 3.05) is 5.75 Å². The summed E-state index contributed by atoms with van der Waals surface area (Å²) in [7, 11) is 0. The number of fused-ring (bicyclic) bond motifs is 1. The zero-order chi connectivity index (χ0) is 17.8. The number of nitrogens with one attached hydrogen (secondary N) is 1. The van der Waals surface area contributed by atoms with Crippen molar-refractivity contribution in [3.8, 4) is 0 Å². The number of hydrogen-bond acceptors (Lipinski definition) is 5. The van der Waals surface area contributed by atoms with Crippen LogP contribution in [0.1, 0.15) is 12.0 Å². The van der Waals surface area contributed by atoms with Gasteiger partial charge < -0.3 is 4.98 Å². The number of tetrazole rings is 1. The number of hydrogen-bond donors (Lipinski definition) is 1. The highest BCUT2D eigenvalue weighted by atomic mass is 32.2. The molecule has 2 aromatic heterocycles. The van der Waals surface area contributed by atoms with Crippen LogP contribution in [0, 0.1) is 0 Å². The molecule has 0 aliphatic carbocycles. The number of nitrogens with zero attached hydrogens (tertiary/aromatic N) is 5. The van der Waals surface area contributed by atoms with E-state index in [0.717, 1.165) is 33.9 Å². The summed E-state index contributed by atoms with van der Waals surface area (Å²) < 4.78 is 3.58. The molecule has 8 heteroatoms. The molecule has 2 aromatic carbocycles. The molecule has 7 nitrogen and oxygen atoms in total. The van der Waals surface area contributed by atoms with E-state index in [2.05, 4.69) is 32.6 Å². The fourth-order valence-corrected chi connectivity index (χ4v) is 3.67. The van der Waals surface area contributed by atoms with E-state index < -0.39 is 0 Å². The van der Waals surface area contributed by atoms with Crippen LogP contribution >= 0.6 is 11.8 Å². The minimum absolute atomic E-state index is 0.0647. The zero-order valence-corrected chi connectivity index (χ0v) is 14.9. The molecular formula is C18H18N6OS. The molecule has 0 fully saturated rings. The smallest absolute Gasteiger partial charge is 0.306 e. The molecular weight excluding hydrogens is 348 g/mol. The first-order valence-corrected chi connectivity index (χ1v) is 9.40. The second-order valence-electron chi connectivity index (χ2n) is 5.91. The first-order chi connectivity index (χ1) is 12.8. The number of aryl methyl sites for hydroxylation is 1. The van der Waals surface area contributed by atoms with Crippen molar-refractivity contribution < 1.29 is 0 Å². The Morgan fingerprint density at radius 3 is 2.73 bits per heavy atom. The lowest BCUT2D eigenvalue weighted by Crippen LogP contribution is -2.17. The summed E-state index contributed by atoms with van der Waals surface area (Å²) in [6.45, 7) is 1.31. The minimum Gasteiger partial charge on any atom is -0.306 e. The van der Waals surface area contributed by atoms with Gasteiger partial charge >= 0.3 is 5.69 Å². The van der Waals surface area contributed by atoms with Gasteiger partial charge in [-0.3, -0.25) is 4.57 Å². The molecule has 4 rings (SSSR count). The fraction of sp³-hybridized carbons (Fsp3) is 0.222. The summed E-state index contributed by atoms with van der Waals surface area (Å²) in [4.78, 5) is 15.0. The Morgan fingerprint density at radius 1 is 1.04 bits per heavy atom. The SMILES string of the molecule is O=c1[nH]c2ccccc2n1CCCSc1nnnn1Cc1ccccc1. The van der Waals surface area contributed by atoms with Crippen LogP contribution in [-0.2, 0) is 13.1 Å². The van der Waals surface area contributed by atoms with E-state index in [1.54, 1.807) is 21.0 Å². The van der Waals surface area contributed by atoms with Gasteiger partial charge in [-0.25, -0.2) is 9.48 Å². The maximum atomic E-state index is 12.1. The van der Waals surface area contributed by atoms with Gasteiger partial charge in [0.05, 0.1) is 17.6 Å². The molecule has 0 saturated carbocycles. The summed E-state index contributed by atoms with van der Waals surface area (Å²) >= 11 is 1.61. The van der Waals surface area contributed by atoms with E-state index in [4.69, 9.17) is 0 Å². The molecule has 4 aromatic rings. The van der Waals surface area contributed by atoms with Crippen LogP contribution < -0.4 is 5.69 Å². The molecule has 0 aliphatic heterocycles. The lowest BCUT2D eigenvalue weighted by Gasteiger charge is -2.05. The van der Waals surface area contributed by atoms with E-state index >= 15 is 0 Å². The predicted molar refractivity (Wildman–Crippen MR) is 101 cm³/mol. The molecule has 1 N–H and O–H groups in total. The van der Waals surface area contributed by atoms with Crippen molar-refractivity contribution in [2.45, 2.75) is 24.7 Å². The maximum absolute atomic E-state index is 12.1. The average molecular weight is 366 g/mol. The summed E-state index contributed by atoms with van der Waals surface area (Å²) in [6.07, 6.45) is 0.852. The van der Waals surface area contributed by atoms with E-state index in [9.17, 15) is 4.79 Å². The number of para-hydroxylation sites is 2. The van der Waals surface area contributed by atoms with E-state index in [-0.39, 0.29) is 5.69 Å². The number of aromatic amines is 1. The first-order valence-electron chi connectivity index (χ1n) is 8.42. The third-order valence-electron chi connectivity index (χ3n) is 4.11. The van der Waals surface area contributed by atoms with E-state index in [1.165, 1.54) is 0 Å². The Labute approximate surface area is 154 Å². The van der Waals surface area contributed by atoms with Crippen LogP contribution in [0.5, 0.6) is 0 Å². The lowest BCUT2D eigenvalue weighted by atomic mass is 10.2. The Morgan fingerprint density at radius 2 is 1.85 bits per heavy atom. The molecule has 132 valence electrons. The van der Waals surface area contributed by atoms with Gasteiger partial charge in [-0.1, -0.05) is 54.2 Å². The fourth-order valence-electron chi connectivity index (χ4n) is 2.87. The number of aromatic nitrogens is 6. The molecule has 2 heterocycles. The second kappa shape index (κ2) is 7.57. The van der Waals surface area contributed by atoms with Crippen molar-refractivity contribution in [3.63, 3.8) is 0 Å². The highest BCUT2D eigenvalue weighted by molar-refractivity contribution is 7.99. The normalized spacial score (nSPS) is 11.2. The standard InChI is InChI=1S/C18H18N6OS/c25-17-19-15-9-4-5-10-16(15)23(17)11-6-12-26-18-20-21-22-24(18)13-14-7-2-1-3-8-14/h1-5,7-10H,6,11-13H2,(H,19,25). The molecule has 0 atom stereocenters. The van der Waals surface area contributed by atoms with Crippen LogP contribution in [0.4, 0.5) is 0 Å². The largest absolute Gasteiger partial charge is 0.326 e. The van der Waals surface area contributed by atoms with Crippen LogP contribution in [0.25, 0.3) is 11.0 Å². The summed E-state index contributed by atoms with van der Waals surface area (Å²) in [5.41, 5.74) is 2.91. The number of thioether (sulfide) groups is 1. The lowest BCUT2D eigenvalue weighted by molar-refractivity contribution is 0.602. The molecule has 26 heavy (non-hydrogen) atoms. The molecule has 0 amide bonds. The predicted octanol–water partition coefficient (Wildman–Crippen LogP) is 2.55. The van der Waals surface area contributed by atoms with Gasteiger partial charge in [0, 0.05) is 12.3 Å². The van der Waals surface area contributed by atoms with Crippen molar-refractivity contribution in [1.82, 2.24) is 29.8 Å². The Hall–Kier alpha value is -2.87. The Bertz CT molecular complexity index is 1050. The van der Waals surface area contributed by atoms with Gasteiger partial charge in [0.25, 0.3) is 0 Å². The summed E-state index contributed by atoms with van der Waals surface area (Å²) in [6, 6.07) is 17.9. The van der Waals surface area contributed by atoms with Crippen molar-refractivity contribution in [3.05, 3.63) is 70.6 Å². The number of H-pyrrole nitrogens is 1. The van der Waals surface area contributed by atoms with Gasteiger partial charge in [0.15, 0.2) is 0 Å². The Kier molecular flexibility index (Phi) is 4.83. The minimum atomic E-state index is -0.0647. The quantitative estimate of drug-likeness (QED) is 0.401. The molecule has 0 radical (unpaired) electrons. The third kappa shape index (κ3) is 3.55. The van der Waals surface area contributed by atoms with Crippen molar-refractivity contribution >= 4 is 22.8 Å². The summed E-state index contributed by atoms with van der Waals surface area (Å²) in [5.74, 6) is 0.834. The van der Waals surface area contributed by atoms with Crippen LogP contribution in [0.15, 0.2) is 64.5 Å². The highest BCUT2D eigenvalue weighted by Crippen LogP contribution is 2.17. The van der Waals surface area contributed by atoms with Gasteiger partial charge in [-0.15, -0.1) is 5.10 Å². The Balaban J connectivity index is 1.36. The number of rotatable bonds is 7. The van der Waals surface area contributed by atoms with Crippen molar-refractivity contribution in [2.24, 2.45) is 0 Å². The molecule has 0 spiro atoms. The second-order valence-corrected chi connectivity index (χ2v) is 6.97. The topological polar surface area (TPSA) is 81.4 Å². The number of benzene rings is 2. The maximum Gasteiger partial charge on any atom is 0.326 e. The monoisotopic (exact) mass is 366 g/mol. The number of imidazole rings is 1. The van der Waals surface area contributed by atoms with Gasteiger partial charge in [-0.05, 0) is 34.5 Å². The molecule has 0 bridgehead atoms. The molecule has 0 saturated heterocycles. The van der Waals surface area contributed by atoms with Crippen molar-refractivity contribution in [1.29, 1.82) is 0 Å². The van der Waals surface area contributed by atoms with Gasteiger partial charge in [-0.2, -0.15) is 0 Å². The zero-order valence-electron chi connectivity index (χ0n) is 14.1. The molecule has 0 aliphatic rings. The van der Waals surface area contributed by atoms with Crippen LogP contribution in [0.2, 0.25) is 0 Å². The highest BCUT2D eigenvalue weighted by Gasteiger charge is 2.09. The van der Waals surface area contributed by atoms with E-state index in [1.807, 2.05) is 42.5 Å². The van der Waals surface area contributed by atoms with Gasteiger partial charge in [0.1, 0.15) is 0 Å². The first kappa shape index (κ1) is 16.6. The van der Waals surface area contributed by atoms with E-state index in [0.29, 0.717) is 13.1 Å².